The molecule has 1 N–H and O–H groups in total. The van der Waals surface area contributed by atoms with E-state index in [9.17, 15) is 0 Å². The van der Waals surface area contributed by atoms with Gasteiger partial charge in [0, 0.05) is 11.1 Å². The Hall–Kier alpha value is -0.800. The van der Waals surface area contributed by atoms with Crippen LogP contribution < -0.4 is 0 Å². The maximum Gasteiger partial charge on any atom is 0.178 e. The van der Waals surface area contributed by atoms with Gasteiger partial charge in [-0.2, -0.15) is 0 Å². The molecule has 21 heavy (non-hydrogen) atoms. The van der Waals surface area contributed by atoms with Crippen molar-refractivity contribution in [2.75, 3.05) is 0 Å². The second-order valence-electron chi connectivity index (χ2n) is 7.78. The Morgan fingerprint density at radius 2 is 2.10 bits per heavy atom. The lowest BCUT2D eigenvalue weighted by Gasteiger charge is -2.43. The molecule has 1 aromatic heterocycles. The average Bonchev–Trinajstić information content (AvgIpc) is 2.97. The highest BCUT2D eigenvalue weighted by Crippen LogP contribution is 2.68. The van der Waals surface area contributed by atoms with Crippen LogP contribution in [0.25, 0.3) is 11.0 Å². The van der Waals surface area contributed by atoms with Crippen LogP contribution in [0, 0.1) is 21.5 Å². The van der Waals surface area contributed by atoms with E-state index >= 15 is 0 Å². The first kappa shape index (κ1) is 13.8. The maximum atomic E-state index is 6.12. The van der Waals surface area contributed by atoms with Crippen molar-refractivity contribution >= 4 is 34.9 Å². The van der Waals surface area contributed by atoms with Crippen LogP contribution in [-0.4, -0.2) is 9.55 Å². The molecule has 112 valence electrons. The zero-order valence-corrected chi connectivity index (χ0v) is 14.3. The maximum absolute atomic E-state index is 6.12. The molecule has 2 aromatic rings. The van der Waals surface area contributed by atoms with Crippen molar-refractivity contribution < 1.29 is 0 Å². The van der Waals surface area contributed by atoms with Gasteiger partial charge >= 0.3 is 0 Å². The van der Waals surface area contributed by atoms with Gasteiger partial charge in [0.05, 0.1) is 11.0 Å². The van der Waals surface area contributed by atoms with E-state index in [1.54, 1.807) is 0 Å². The minimum absolute atomic E-state index is 0.292. The number of aromatic nitrogens is 2. The van der Waals surface area contributed by atoms with E-state index in [0.717, 1.165) is 21.2 Å². The van der Waals surface area contributed by atoms with Crippen molar-refractivity contribution in [2.45, 2.75) is 46.1 Å². The van der Waals surface area contributed by atoms with Crippen molar-refractivity contribution in [1.29, 1.82) is 0 Å². The molecule has 0 amide bonds. The van der Waals surface area contributed by atoms with E-state index in [1.807, 2.05) is 12.1 Å². The predicted molar refractivity (Wildman–Crippen MR) is 90.4 cm³/mol. The third kappa shape index (κ3) is 1.74. The van der Waals surface area contributed by atoms with E-state index in [1.165, 1.54) is 24.8 Å². The molecule has 0 saturated heterocycles. The number of benzene rings is 1. The van der Waals surface area contributed by atoms with E-state index in [0.29, 0.717) is 16.9 Å². The largest absolute Gasteiger partial charge is 0.331 e. The van der Waals surface area contributed by atoms with Crippen LogP contribution in [0.4, 0.5) is 0 Å². The zero-order valence-electron chi connectivity index (χ0n) is 12.7. The number of halogens is 1. The topological polar surface area (TPSA) is 20.7 Å². The van der Waals surface area contributed by atoms with Gasteiger partial charge < -0.3 is 9.55 Å². The van der Waals surface area contributed by atoms with Gasteiger partial charge in [-0.3, -0.25) is 0 Å². The number of nitrogens with one attached hydrogen (secondary N) is 1. The molecule has 2 nitrogen and oxygen atoms in total. The first-order valence-electron chi connectivity index (χ1n) is 7.73. The molecule has 0 radical (unpaired) electrons. The molecule has 4 heteroatoms. The quantitative estimate of drug-likeness (QED) is 0.664. The number of rotatable bonds is 1. The SMILES string of the molecule is CC12CCC(C1)C(C)(C)C2n1c(=S)[nH]c2cc(Cl)ccc21. The van der Waals surface area contributed by atoms with Gasteiger partial charge in [-0.1, -0.05) is 32.4 Å². The Balaban J connectivity index is 1.98. The molecule has 1 aromatic carbocycles. The van der Waals surface area contributed by atoms with Crippen molar-refractivity contribution in [3.05, 3.63) is 28.0 Å². The molecule has 3 unspecified atom stereocenters. The number of imidazole rings is 1. The van der Waals surface area contributed by atoms with Gasteiger partial charge in [0.1, 0.15) is 0 Å². The van der Waals surface area contributed by atoms with Gasteiger partial charge in [-0.05, 0) is 66.4 Å². The third-order valence-electron chi connectivity index (χ3n) is 6.13. The fourth-order valence-electron chi connectivity index (χ4n) is 5.28. The Morgan fingerprint density at radius 3 is 2.76 bits per heavy atom. The number of hydrogen-bond acceptors (Lipinski definition) is 1. The van der Waals surface area contributed by atoms with Crippen LogP contribution in [0.15, 0.2) is 18.2 Å². The minimum Gasteiger partial charge on any atom is -0.331 e. The van der Waals surface area contributed by atoms with Crippen molar-refractivity contribution in [3.8, 4) is 0 Å². The van der Waals surface area contributed by atoms with Gasteiger partial charge in [-0.15, -0.1) is 0 Å². The number of nitrogens with zero attached hydrogens (tertiary/aromatic N) is 1. The Bertz CT molecular complexity index is 783. The van der Waals surface area contributed by atoms with Crippen LogP contribution >= 0.6 is 23.8 Å². The van der Waals surface area contributed by atoms with Crippen LogP contribution in [0.5, 0.6) is 0 Å². The highest BCUT2D eigenvalue weighted by Gasteiger charge is 2.60. The molecule has 2 saturated carbocycles. The second kappa shape index (κ2) is 4.14. The van der Waals surface area contributed by atoms with Crippen LogP contribution in [-0.2, 0) is 0 Å². The smallest absolute Gasteiger partial charge is 0.178 e. The predicted octanol–water partition coefficient (Wildman–Crippen LogP) is 5.74. The summed E-state index contributed by atoms with van der Waals surface area (Å²) in [4.78, 5) is 3.35. The van der Waals surface area contributed by atoms with E-state index in [2.05, 4.69) is 36.4 Å². The first-order valence-corrected chi connectivity index (χ1v) is 8.51. The molecule has 1 heterocycles. The molecule has 2 aliphatic rings. The van der Waals surface area contributed by atoms with E-state index in [4.69, 9.17) is 23.8 Å². The lowest BCUT2D eigenvalue weighted by atomic mass is 9.68. The van der Waals surface area contributed by atoms with Crippen LogP contribution in [0.1, 0.15) is 46.1 Å². The summed E-state index contributed by atoms with van der Waals surface area (Å²) in [5.41, 5.74) is 2.90. The lowest BCUT2D eigenvalue weighted by Crippen LogP contribution is -2.37. The number of H-pyrrole nitrogens is 1. The third-order valence-corrected chi connectivity index (χ3v) is 6.66. The Labute approximate surface area is 135 Å². The van der Waals surface area contributed by atoms with Crippen molar-refractivity contribution in [3.63, 3.8) is 0 Å². The average molecular weight is 321 g/mol. The monoisotopic (exact) mass is 320 g/mol. The Kier molecular flexibility index (Phi) is 2.73. The molecular formula is C17H21ClN2S. The summed E-state index contributed by atoms with van der Waals surface area (Å²) in [6.07, 6.45) is 4.00. The standard InChI is InChI=1S/C17H21ClN2S/c1-16(2)10-6-7-17(3,9-10)14(16)20-13-5-4-11(18)8-12(13)19-15(20)21/h4-5,8,10,14H,6-7,9H2,1-3H3,(H,19,21). The fraction of sp³-hybridized carbons (Fsp3) is 0.588. The second-order valence-corrected chi connectivity index (χ2v) is 8.60. The van der Waals surface area contributed by atoms with Crippen LogP contribution in [0.2, 0.25) is 5.02 Å². The summed E-state index contributed by atoms with van der Waals surface area (Å²) < 4.78 is 3.21. The normalized spacial score (nSPS) is 33.9. The summed E-state index contributed by atoms with van der Waals surface area (Å²) >= 11 is 11.8. The highest BCUT2D eigenvalue weighted by atomic mass is 35.5. The summed E-state index contributed by atoms with van der Waals surface area (Å²) in [5, 5.41) is 0.754. The van der Waals surface area contributed by atoms with Gasteiger partial charge in [0.2, 0.25) is 0 Å². The molecule has 4 rings (SSSR count). The Morgan fingerprint density at radius 1 is 1.33 bits per heavy atom. The van der Waals surface area contributed by atoms with Gasteiger partial charge in [-0.25, -0.2) is 0 Å². The van der Waals surface area contributed by atoms with Gasteiger partial charge in [0.15, 0.2) is 4.77 Å². The molecule has 0 aliphatic heterocycles. The summed E-state index contributed by atoms with van der Waals surface area (Å²) in [5.74, 6) is 0.812. The summed E-state index contributed by atoms with van der Waals surface area (Å²) in [7, 11) is 0. The van der Waals surface area contributed by atoms with E-state index in [-0.39, 0.29) is 0 Å². The fourth-order valence-corrected chi connectivity index (χ4v) is 5.77. The molecule has 0 spiro atoms. The van der Waals surface area contributed by atoms with Crippen LogP contribution in [0.3, 0.4) is 0 Å². The zero-order chi connectivity index (χ0) is 15.0. The van der Waals surface area contributed by atoms with E-state index < -0.39 is 0 Å². The summed E-state index contributed by atoms with van der Waals surface area (Å²) in [6.45, 7) is 7.29. The number of fused-ring (bicyclic) bond motifs is 3. The highest BCUT2D eigenvalue weighted by molar-refractivity contribution is 7.71. The molecular weight excluding hydrogens is 300 g/mol. The minimum atomic E-state index is 0.292. The summed E-state index contributed by atoms with van der Waals surface area (Å²) in [6, 6.07) is 6.51. The lowest BCUT2D eigenvalue weighted by molar-refractivity contribution is 0.0855. The molecule has 2 bridgehead atoms. The number of aromatic amines is 1. The number of hydrogen-bond donors (Lipinski definition) is 1. The molecule has 2 aliphatic carbocycles. The molecule has 2 fully saturated rings. The van der Waals surface area contributed by atoms with Crippen molar-refractivity contribution in [2.24, 2.45) is 16.7 Å². The first-order chi connectivity index (χ1) is 9.83. The van der Waals surface area contributed by atoms with Crippen molar-refractivity contribution in [1.82, 2.24) is 9.55 Å². The van der Waals surface area contributed by atoms with Gasteiger partial charge in [0.25, 0.3) is 0 Å². The molecule has 3 atom stereocenters.